The number of nitrogens with one attached hydrogen (secondary N) is 1. The van der Waals surface area contributed by atoms with E-state index in [9.17, 15) is 45.5 Å². The van der Waals surface area contributed by atoms with Gasteiger partial charge in [-0.25, -0.2) is 34.7 Å². The van der Waals surface area contributed by atoms with Crippen LogP contribution >= 0.6 is 11.6 Å². The van der Waals surface area contributed by atoms with Crippen LogP contribution in [0.5, 0.6) is 11.5 Å². The fraction of sp³-hybridized carbons (Fsp3) is 0.405. The molecule has 4 unspecified atom stereocenters. The molecule has 2 amide bonds. The number of hydrogen-bond acceptors (Lipinski definition) is 16. The summed E-state index contributed by atoms with van der Waals surface area (Å²) >= 11 is 5.47. The minimum absolute atomic E-state index is 0. The van der Waals surface area contributed by atoms with Crippen molar-refractivity contribution in [3.63, 3.8) is 0 Å². The highest BCUT2D eigenvalue weighted by molar-refractivity contribution is 6.18. The molecule has 0 fully saturated rings. The van der Waals surface area contributed by atoms with Crippen LogP contribution in [0.15, 0.2) is 86.9 Å². The number of alkyl halides is 7. The van der Waals surface area contributed by atoms with Gasteiger partial charge in [0.15, 0.2) is 24.4 Å². The molecular weight excluding hydrogens is 890 g/mol. The molecule has 4 aromatic rings. The molecule has 2 aromatic heterocycles. The van der Waals surface area contributed by atoms with Crippen LogP contribution in [0.4, 0.5) is 26.3 Å². The number of carbonyl (C=O) groups is 2. The number of halogens is 7. The van der Waals surface area contributed by atoms with Crippen molar-refractivity contribution in [3.05, 3.63) is 92.5 Å². The summed E-state index contributed by atoms with van der Waals surface area (Å²) < 4.78 is 90.4. The lowest BCUT2D eigenvalue weighted by Crippen LogP contribution is -2.51. The number of aromatic amines is 1. The topological polar surface area (TPSA) is 222 Å². The third-order valence-electron chi connectivity index (χ3n) is 9.09. The number of hydrogen-bond donors (Lipinski definition) is 1. The molecule has 4 aliphatic heterocycles. The van der Waals surface area contributed by atoms with Gasteiger partial charge in [0.1, 0.15) is 24.6 Å². The Hall–Kier alpha value is -6.99. The van der Waals surface area contributed by atoms with E-state index in [-0.39, 0.29) is 68.3 Å². The van der Waals surface area contributed by atoms with E-state index in [2.05, 4.69) is 44.7 Å². The molecule has 8 rings (SSSR count). The average molecular weight is 929 g/mol. The molecule has 0 saturated carbocycles. The number of amides is 2. The van der Waals surface area contributed by atoms with Crippen LogP contribution in [0.2, 0.25) is 0 Å². The Bertz CT molecular complexity index is 2450. The number of fused-ring (bicyclic) bond motifs is 2. The highest BCUT2D eigenvalue weighted by atomic mass is 35.5. The van der Waals surface area contributed by atoms with Crippen molar-refractivity contribution in [1.29, 1.82) is 0 Å². The first-order valence-corrected chi connectivity index (χ1v) is 18.9. The van der Waals surface area contributed by atoms with Crippen LogP contribution < -0.4 is 21.0 Å². The van der Waals surface area contributed by atoms with E-state index < -0.39 is 42.5 Å². The Morgan fingerprint density at radius 1 is 0.672 bits per heavy atom. The van der Waals surface area contributed by atoms with E-state index in [1.807, 2.05) is 0 Å². The Morgan fingerprint density at radius 2 is 1.12 bits per heavy atom. The lowest BCUT2D eigenvalue weighted by atomic mass is 10.1. The third-order valence-corrected chi connectivity index (χ3v) is 9.28. The molecule has 64 heavy (non-hydrogen) atoms. The van der Waals surface area contributed by atoms with Gasteiger partial charge in [-0.05, 0) is 48.2 Å². The maximum absolute atomic E-state index is 12.6. The molecular formula is C37H39ClF6N12O8. The Kier molecular flexibility index (Phi) is 15.4. The number of aliphatic imine (C=N–C) groups is 4. The predicted octanol–water partition coefficient (Wildman–Crippen LogP) is 3.42. The van der Waals surface area contributed by atoms with Crippen LogP contribution in [0.1, 0.15) is 30.3 Å². The van der Waals surface area contributed by atoms with E-state index in [0.717, 1.165) is 10.2 Å². The third kappa shape index (κ3) is 12.8. The number of H-pyrrole nitrogens is 1. The Morgan fingerprint density at radius 3 is 1.56 bits per heavy atom. The fourth-order valence-corrected chi connectivity index (χ4v) is 6.36. The highest BCUT2D eigenvalue weighted by Crippen LogP contribution is 2.25. The normalized spacial score (nSPS) is 19.7. The summed E-state index contributed by atoms with van der Waals surface area (Å²) in [6, 6.07) is 10.0. The first-order valence-electron chi connectivity index (χ1n) is 18.4. The van der Waals surface area contributed by atoms with Crippen LogP contribution in [0.25, 0.3) is 0 Å². The number of likely N-dealkylation sites (N-methyl/N-ethyl adjacent to an activating group) is 2. The molecule has 27 heteroatoms. The summed E-state index contributed by atoms with van der Waals surface area (Å²) in [7, 11) is 3.49. The zero-order valence-corrected chi connectivity index (χ0v) is 33.6. The van der Waals surface area contributed by atoms with E-state index in [4.69, 9.17) is 20.4 Å². The summed E-state index contributed by atoms with van der Waals surface area (Å²) in [6.07, 6.45) is -3.41. The van der Waals surface area contributed by atoms with Gasteiger partial charge < -0.3 is 28.1 Å². The average Bonchev–Trinajstić information content (AvgIpc) is 4.00. The fourth-order valence-electron chi connectivity index (χ4n) is 6.14. The number of aromatic nitrogens is 4. The Balaban J connectivity index is 0.000000198. The maximum atomic E-state index is 12.6. The molecule has 1 N–H and O–H groups in total. The molecule has 0 aliphatic carbocycles. The maximum Gasteiger partial charge on any atom is 0.573 e. The summed E-state index contributed by atoms with van der Waals surface area (Å²) in [6.45, 7) is 0.147. The van der Waals surface area contributed by atoms with E-state index in [1.165, 1.54) is 58.9 Å². The second kappa shape index (κ2) is 20.5. The molecule has 4 aliphatic rings. The first kappa shape index (κ1) is 48.0. The van der Waals surface area contributed by atoms with Gasteiger partial charge in [0, 0.05) is 20.0 Å². The van der Waals surface area contributed by atoms with Gasteiger partial charge in [-0.1, -0.05) is 31.7 Å². The zero-order valence-electron chi connectivity index (χ0n) is 32.8. The number of benzene rings is 2. The van der Waals surface area contributed by atoms with Crippen molar-refractivity contribution in [1.82, 2.24) is 39.6 Å². The molecule has 0 saturated heterocycles. The quantitative estimate of drug-likeness (QED) is 0.169. The number of ether oxygens (including phenoxy) is 2. The minimum Gasteiger partial charge on any atom is -0.406 e. The van der Waals surface area contributed by atoms with Gasteiger partial charge in [0.2, 0.25) is 11.8 Å². The van der Waals surface area contributed by atoms with E-state index in [0.29, 0.717) is 24.3 Å². The lowest BCUT2D eigenvalue weighted by Gasteiger charge is -2.29. The smallest absolute Gasteiger partial charge is 0.406 e. The van der Waals surface area contributed by atoms with Gasteiger partial charge in [-0.2, -0.15) is 4.68 Å². The van der Waals surface area contributed by atoms with Gasteiger partial charge in [-0.15, -0.1) is 48.1 Å². The molecule has 0 spiro atoms. The van der Waals surface area contributed by atoms with Crippen LogP contribution in [-0.2, 0) is 42.1 Å². The standard InChI is InChI=1S/C18H17F3N6O4.C9H8ClF3O.C9H10N6O3.CH4/c1-25-9-22-15-14(25)16(28)26(10-23-15)8-13-24-27(17(29)30-13)7-6-11-2-4-12(5-3-11)31-18(19,20)21;10-6-5-7-1-3-8(4-2-7)14-9(11,12)13;1-14-3-10-7-6(14)8(16)15(4-11-7)2-5-12-13-9(17)18-5;/h2-5,9-10,14-15H,6-8H2,1H3;1-4H,5-6H2;3-4,6-7H,2H2,1H3,(H,13,17);1H4. The van der Waals surface area contributed by atoms with Gasteiger partial charge in [-0.3, -0.25) is 19.4 Å². The van der Waals surface area contributed by atoms with Crippen LogP contribution in [0.3, 0.4) is 0 Å². The molecule has 0 bridgehead atoms. The van der Waals surface area contributed by atoms with Crippen molar-refractivity contribution in [2.24, 2.45) is 20.0 Å². The van der Waals surface area contributed by atoms with Gasteiger partial charge >= 0.3 is 24.2 Å². The van der Waals surface area contributed by atoms with Crippen molar-refractivity contribution < 1.29 is 54.2 Å². The molecule has 0 radical (unpaired) electrons. The van der Waals surface area contributed by atoms with Gasteiger partial charge in [0.05, 0.1) is 31.9 Å². The summed E-state index contributed by atoms with van der Waals surface area (Å²) in [5.41, 5.74) is 1.56. The van der Waals surface area contributed by atoms with Crippen LogP contribution in [-0.4, -0.2) is 134 Å². The van der Waals surface area contributed by atoms with E-state index in [1.54, 1.807) is 48.7 Å². The number of nitrogens with zero attached hydrogens (tertiary/aromatic N) is 11. The number of aryl methyl sites for hydroxylation is 3. The summed E-state index contributed by atoms with van der Waals surface area (Å²) in [4.78, 5) is 70.3. The second-order valence-electron chi connectivity index (χ2n) is 13.6. The monoisotopic (exact) mass is 928 g/mol. The SMILES string of the molecule is C.CN1C=NC2N=CN(Cc3n[nH]c(=O)o3)C(=O)C21.CN1C=NC2N=CN(Cc3nn(CCc4ccc(OC(F)(F)F)cc4)c(=O)o3)C(=O)C21.FC(F)(F)Oc1ccc(CCCl)cc1. The predicted molar refractivity (Wildman–Crippen MR) is 215 cm³/mol. The van der Waals surface area contributed by atoms with Gasteiger partial charge in [0.25, 0.3) is 11.8 Å². The summed E-state index contributed by atoms with van der Waals surface area (Å²) in [5, 5.41) is 9.87. The molecule has 6 heterocycles. The highest BCUT2D eigenvalue weighted by Gasteiger charge is 2.41. The second-order valence-corrected chi connectivity index (χ2v) is 14.0. The van der Waals surface area contributed by atoms with E-state index >= 15 is 0 Å². The van der Waals surface area contributed by atoms with Crippen molar-refractivity contribution in [3.8, 4) is 11.5 Å². The minimum atomic E-state index is -4.76. The zero-order chi connectivity index (χ0) is 45.5. The van der Waals surface area contributed by atoms with Crippen molar-refractivity contribution in [2.45, 2.75) is 77.0 Å². The van der Waals surface area contributed by atoms with Crippen molar-refractivity contribution in [2.75, 3.05) is 20.0 Å². The Labute approximate surface area is 363 Å². The molecule has 344 valence electrons. The molecule has 2 aromatic carbocycles. The molecule has 20 nitrogen and oxygen atoms in total. The largest absolute Gasteiger partial charge is 0.573 e. The number of rotatable bonds is 11. The van der Waals surface area contributed by atoms with Crippen molar-refractivity contribution >= 4 is 48.8 Å². The number of carbonyl (C=O) groups excluding carboxylic acids is 2. The van der Waals surface area contributed by atoms with Crippen LogP contribution in [0, 0.1) is 0 Å². The lowest BCUT2D eigenvalue weighted by molar-refractivity contribution is -0.275. The first-order chi connectivity index (χ1) is 29.9. The molecule has 4 atom stereocenters. The summed E-state index contributed by atoms with van der Waals surface area (Å²) in [5.74, 6) is -1.66.